The molecule has 2 nitrogen and oxygen atoms in total. The number of phenolic OH excluding ortho intramolecular Hbond substituents is 2. The maximum absolute atomic E-state index is 9.37. The van der Waals surface area contributed by atoms with Crippen molar-refractivity contribution in [3.8, 4) is 22.6 Å². The molecule has 0 amide bonds. The summed E-state index contributed by atoms with van der Waals surface area (Å²) >= 11 is 24.1. The quantitative estimate of drug-likeness (QED) is 0.739. The SMILES string of the molecule is Oc1cc(Cl)c(-c2c(Cl)cc(O)cc2Cl)c(Cl)c1. The molecule has 2 N–H and O–H groups in total. The molecule has 2 rings (SSSR count). The molecule has 94 valence electrons. The maximum atomic E-state index is 9.37. The fraction of sp³-hybridized carbons (Fsp3) is 0. The van der Waals surface area contributed by atoms with Crippen LogP contribution < -0.4 is 0 Å². The zero-order valence-electron chi connectivity index (χ0n) is 8.72. The Hall–Kier alpha value is -0.800. The third kappa shape index (κ3) is 2.47. The van der Waals surface area contributed by atoms with E-state index in [2.05, 4.69) is 0 Å². The molecule has 0 radical (unpaired) electrons. The van der Waals surface area contributed by atoms with Crippen molar-refractivity contribution in [1.82, 2.24) is 0 Å². The minimum Gasteiger partial charge on any atom is -0.508 e. The van der Waals surface area contributed by atoms with Crippen molar-refractivity contribution in [2.45, 2.75) is 0 Å². The van der Waals surface area contributed by atoms with E-state index in [9.17, 15) is 10.2 Å². The maximum Gasteiger partial charge on any atom is 0.118 e. The Morgan fingerprint density at radius 3 is 1.00 bits per heavy atom. The van der Waals surface area contributed by atoms with Gasteiger partial charge in [0.2, 0.25) is 0 Å². The standard InChI is InChI=1S/C12H6Cl4O2/c13-7-1-5(17)2-8(14)11(7)12-9(15)3-6(18)4-10(12)16/h1-4,17-18H. The number of aromatic hydroxyl groups is 2. The summed E-state index contributed by atoms with van der Waals surface area (Å²) in [5.74, 6) is -0.112. The van der Waals surface area contributed by atoms with Crippen molar-refractivity contribution < 1.29 is 10.2 Å². The molecular formula is C12H6Cl4O2. The van der Waals surface area contributed by atoms with Crippen LogP contribution in [-0.2, 0) is 0 Å². The number of hydrogen-bond acceptors (Lipinski definition) is 2. The Morgan fingerprint density at radius 1 is 0.556 bits per heavy atom. The van der Waals surface area contributed by atoms with E-state index >= 15 is 0 Å². The summed E-state index contributed by atoms with van der Waals surface area (Å²) < 4.78 is 0. The fourth-order valence-corrected chi connectivity index (χ4v) is 2.93. The molecular weight excluding hydrogens is 318 g/mol. The molecule has 0 heterocycles. The normalized spacial score (nSPS) is 10.7. The molecule has 0 spiro atoms. The van der Waals surface area contributed by atoms with Crippen LogP contribution in [0.25, 0.3) is 11.1 Å². The van der Waals surface area contributed by atoms with E-state index in [1.807, 2.05) is 0 Å². The second kappa shape index (κ2) is 5.06. The molecule has 0 fully saturated rings. The van der Waals surface area contributed by atoms with E-state index in [0.29, 0.717) is 11.1 Å². The summed E-state index contributed by atoms with van der Waals surface area (Å²) in [5.41, 5.74) is 0.817. The van der Waals surface area contributed by atoms with Gasteiger partial charge in [-0.25, -0.2) is 0 Å². The van der Waals surface area contributed by atoms with E-state index in [-0.39, 0.29) is 31.6 Å². The number of hydrogen-bond donors (Lipinski definition) is 2. The van der Waals surface area contributed by atoms with Gasteiger partial charge in [-0.3, -0.25) is 0 Å². The average Bonchev–Trinajstić information content (AvgIpc) is 2.20. The Labute approximate surface area is 123 Å². The van der Waals surface area contributed by atoms with Crippen LogP contribution in [0.1, 0.15) is 0 Å². The van der Waals surface area contributed by atoms with E-state index < -0.39 is 0 Å². The van der Waals surface area contributed by atoms with Crippen molar-refractivity contribution in [2.24, 2.45) is 0 Å². The first kappa shape index (κ1) is 13.6. The topological polar surface area (TPSA) is 40.5 Å². The first-order valence-electron chi connectivity index (χ1n) is 4.76. The minimum absolute atomic E-state index is 0.0558. The summed E-state index contributed by atoms with van der Waals surface area (Å²) in [6.07, 6.45) is 0. The highest BCUT2D eigenvalue weighted by molar-refractivity contribution is 6.44. The fourth-order valence-electron chi connectivity index (χ4n) is 1.60. The molecule has 0 aromatic heterocycles. The highest BCUT2D eigenvalue weighted by atomic mass is 35.5. The van der Waals surface area contributed by atoms with Gasteiger partial charge in [0.05, 0.1) is 20.1 Å². The Bertz CT molecular complexity index is 524. The largest absolute Gasteiger partial charge is 0.508 e. The van der Waals surface area contributed by atoms with Crippen molar-refractivity contribution >= 4 is 46.4 Å². The third-order valence-electron chi connectivity index (χ3n) is 2.30. The van der Waals surface area contributed by atoms with Gasteiger partial charge in [-0.2, -0.15) is 0 Å². The van der Waals surface area contributed by atoms with E-state index in [0.717, 1.165) is 0 Å². The second-order valence-corrected chi connectivity index (χ2v) is 5.20. The number of rotatable bonds is 1. The zero-order chi connectivity index (χ0) is 13.4. The van der Waals surface area contributed by atoms with Crippen LogP contribution in [0.5, 0.6) is 11.5 Å². The van der Waals surface area contributed by atoms with Crippen molar-refractivity contribution in [3.63, 3.8) is 0 Å². The molecule has 2 aromatic rings. The van der Waals surface area contributed by atoms with Gasteiger partial charge in [0.15, 0.2) is 0 Å². The number of benzene rings is 2. The van der Waals surface area contributed by atoms with Crippen molar-refractivity contribution in [2.75, 3.05) is 0 Å². The number of halogens is 4. The van der Waals surface area contributed by atoms with Crippen molar-refractivity contribution in [1.29, 1.82) is 0 Å². The molecule has 0 unspecified atom stereocenters. The van der Waals surface area contributed by atoms with Crippen LogP contribution in [-0.4, -0.2) is 10.2 Å². The van der Waals surface area contributed by atoms with E-state index in [4.69, 9.17) is 46.4 Å². The lowest BCUT2D eigenvalue weighted by molar-refractivity contribution is 0.474. The molecule has 0 bridgehead atoms. The van der Waals surface area contributed by atoms with Crippen LogP contribution in [0.3, 0.4) is 0 Å². The molecule has 0 aliphatic rings. The van der Waals surface area contributed by atoms with Gasteiger partial charge in [-0.1, -0.05) is 46.4 Å². The molecule has 6 heteroatoms. The highest BCUT2D eigenvalue weighted by Gasteiger charge is 2.17. The van der Waals surface area contributed by atoms with Gasteiger partial charge in [-0.05, 0) is 24.3 Å². The molecule has 2 aromatic carbocycles. The smallest absolute Gasteiger partial charge is 0.118 e. The molecule has 18 heavy (non-hydrogen) atoms. The predicted molar refractivity (Wildman–Crippen MR) is 75.2 cm³/mol. The highest BCUT2D eigenvalue weighted by Crippen LogP contribution is 2.45. The summed E-state index contributed by atoms with van der Waals surface area (Å²) in [4.78, 5) is 0. The van der Waals surface area contributed by atoms with Gasteiger partial charge < -0.3 is 10.2 Å². The Kier molecular flexibility index (Phi) is 3.83. The van der Waals surface area contributed by atoms with Crippen LogP contribution >= 0.6 is 46.4 Å². The predicted octanol–water partition coefficient (Wildman–Crippen LogP) is 5.38. The van der Waals surface area contributed by atoms with Crippen LogP contribution in [0, 0.1) is 0 Å². The van der Waals surface area contributed by atoms with Crippen LogP contribution in [0.2, 0.25) is 20.1 Å². The van der Waals surface area contributed by atoms with Gasteiger partial charge in [0.25, 0.3) is 0 Å². The molecule has 0 atom stereocenters. The molecule has 0 saturated heterocycles. The van der Waals surface area contributed by atoms with Crippen LogP contribution in [0.4, 0.5) is 0 Å². The van der Waals surface area contributed by atoms with E-state index in [1.54, 1.807) is 0 Å². The number of phenols is 2. The zero-order valence-corrected chi connectivity index (χ0v) is 11.7. The van der Waals surface area contributed by atoms with Gasteiger partial charge in [-0.15, -0.1) is 0 Å². The molecule has 0 saturated carbocycles. The lowest BCUT2D eigenvalue weighted by atomic mass is 10.0. The summed E-state index contributed by atoms with van der Waals surface area (Å²) in [5, 5.41) is 19.6. The molecule has 0 aliphatic heterocycles. The first-order chi connectivity index (χ1) is 8.40. The lowest BCUT2D eigenvalue weighted by Crippen LogP contribution is -1.86. The second-order valence-electron chi connectivity index (χ2n) is 3.57. The minimum atomic E-state index is -0.0558. The van der Waals surface area contributed by atoms with Gasteiger partial charge in [0.1, 0.15) is 11.5 Å². The van der Waals surface area contributed by atoms with Gasteiger partial charge >= 0.3 is 0 Å². The monoisotopic (exact) mass is 322 g/mol. The summed E-state index contributed by atoms with van der Waals surface area (Å²) in [6.45, 7) is 0. The average molecular weight is 324 g/mol. The molecule has 0 aliphatic carbocycles. The lowest BCUT2D eigenvalue weighted by Gasteiger charge is -2.12. The van der Waals surface area contributed by atoms with Crippen molar-refractivity contribution in [3.05, 3.63) is 44.4 Å². The van der Waals surface area contributed by atoms with Crippen LogP contribution in [0.15, 0.2) is 24.3 Å². The van der Waals surface area contributed by atoms with E-state index in [1.165, 1.54) is 24.3 Å². The Morgan fingerprint density at radius 2 is 0.778 bits per heavy atom. The third-order valence-corrected chi connectivity index (χ3v) is 3.50. The van der Waals surface area contributed by atoms with Gasteiger partial charge in [0, 0.05) is 11.1 Å². The first-order valence-corrected chi connectivity index (χ1v) is 6.27. The Balaban J connectivity index is 2.78. The summed E-state index contributed by atoms with van der Waals surface area (Å²) in [6, 6.07) is 5.34. The summed E-state index contributed by atoms with van der Waals surface area (Å²) in [7, 11) is 0.